The first-order valence-electron chi connectivity index (χ1n) is 7.90. The Morgan fingerprint density at radius 2 is 2.10 bits per heavy atom. The van der Waals surface area contributed by atoms with Crippen molar-refractivity contribution in [2.75, 3.05) is 13.2 Å². The molecule has 0 bridgehead atoms. The van der Waals surface area contributed by atoms with Crippen LogP contribution >= 0.6 is 0 Å². The molecule has 1 aliphatic carbocycles. The van der Waals surface area contributed by atoms with Crippen molar-refractivity contribution in [3.8, 4) is 11.8 Å². The van der Waals surface area contributed by atoms with E-state index in [4.69, 9.17) is 5.11 Å². The van der Waals surface area contributed by atoms with Crippen LogP contribution in [-0.4, -0.2) is 29.2 Å². The van der Waals surface area contributed by atoms with Crippen LogP contribution in [0.15, 0.2) is 18.2 Å². The SMILES string of the molecule is OCC#Cc1ccc(CN2CCC3CCCCC32)c(F)c1. The third kappa shape index (κ3) is 3.28. The molecule has 2 aliphatic rings. The number of halogens is 1. The lowest BCUT2D eigenvalue weighted by Gasteiger charge is -2.31. The average Bonchev–Trinajstić information content (AvgIpc) is 2.91. The molecule has 1 aromatic rings. The number of hydrogen-bond donors (Lipinski definition) is 1. The van der Waals surface area contributed by atoms with Crippen molar-refractivity contribution in [1.82, 2.24) is 4.90 Å². The molecule has 0 radical (unpaired) electrons. The zero-order valence-electron chi connectivity index (χ0n) is 12.3. The van der Waals surface area contributed by atoms with E-state index in [-0.39, 0.29) is 12.4 Å². The first-order chi connectivity index (χ1) is 10.3. The van der Waals surface area contributed by atoms with Crippen LogP contribution in [0.3, 0.4) is 0 Å². The third-order valence-electron chi connectivity index (χ3n) is 4.86. The van der Waals surface area contributed by atoms with Crippen LogP contribution < -0.4 is 0 Å². The van der Waals surface area contributed by atoms with E-state index in [1.807, 2.05) is 12.1 Å². The summed E-state index contributed by atoms with van der Waals surface area (Å²) in [6, 6.07) is 5.82. The quantitative estimate of drug-likeness (QED) is 0.845. The molecular formula is C18H22FNO. The molecule has 1 N–H and O–H groups in total. The standard InChI is InChI=1S/C18H22FNO/c19-17-12-14(4-3-11-21)7-8-16(17)13-20-10-9-15-5-1-2-6-18(15)20/h7-8,12,15,18,21H,1-2,5-6,9-11,13H2. The van der Waals surface area contributed by atoms with E-state index >= 15 is 0 Å². The number of hydrogen-bond acceptors (Lipinski definition) is 2. The smallest absolute Gasteiger partial charge is 0.128 e. The lowest BCUT2D eigenvalue weighted by molar-refractivity contribution is 0.174. The van der Waals surface area contributed by atoms with E-state index in [0.717, 1.165) is 18.0 Å². The molecule has 2 fully saturated rings. The fourth-order valence-electron chi connectivity index (χ4n) is 3.81. The summed E-state index contributed by atoms with van der Waals surface area (Å²) in [6.45, 7) is 1.61. The van der Waals surface area contributed by atoms with Crippen LogP contribution in [0.5, 0.6) is 0 Å². The van der Waals surface area contributed by atoms with Gasteiger partial charge in [0.05, 0.1) is 0 Å². The van der Waals surface area contributed by atoms with Crippen LogP contribution in [0.4, 0.5) is 4.39 Å². The van der Waals surface area contributed by atoms with Crippen LogP contribution in [0.2, 0.25) is 0 Å². The molecule has 1 saturated carbocycles. The van der Waals surface area contributed by atoms with Gasteiger partial charge in [-0.15, -0.1) is 0 Å². The van der Waals surface area contributed by atoms with Gasteiger partial charge in [-0.1, -0.05) is 30.7 Å². The second kappa shape index (κ2) is 6.60. The van der Waals surface area contributed by atoms with Gasteiger partial charge in [0.1, 0.15) is 12.4 Å². The molecule has 112 valence electrons. The van der Waals surface area contributed by atoms with Gasteiger partial charge in [-0.3, -0.25) is 4.90 Å². The zero-order valence-corrected chi connectivity index (χ0v) is 12.3. The highest BCUT2D eigenvalue weighted by molar-refractivity contribution is 5.37. The Bertz CT molecular complexity index is 560. The van der Waals surface area contributed by atoms with Crippen LogP contribution in [0.25, 0.3) is 0 Å². The van der Waals surface area contributed by atoms with Crippen molar-refractivity contribution in [1.29, 1.82) is 0 Å². The Morgan fingerprint density at radius 3 is 2.90 bits per heavy atom. The van der Waals surface area contributed by atoms with Crippen LogP contribution in [-0.2, 0) is 6.54 Å². The maximum atomic E-state index is 14.2. The predicted octanol–water partition coefficient (Wildman–Crippen LogP) is 2.93. The second-order valence-corrected chi connectivity index (χ2v) is 6.14. The summed E-state index contributed by atoms with van der Waals surface area (Å²) in [6.07, 6.45) is 6.56. The number of nitrogens with zero attached hydrogens (tertiary/aromatic N) is 1. The van der Waals surface area contributed by atoms with E-state index in [1.54, 1.807) is 0 Å². The Hall–Kier alpha value is -1.37. The summed E-state index contributed by atoms with van der Waals surface area (Å²) in [5.74, 6) is 5.95. The highest BCUT2D eigenvalue weighted by Gasteiger charge is 2.35. The van der Waals surface area contributed by atoms with Crippen molar-refractivity contribution < 1.29 is 9.50 Å². The molecule has 1 heterocycles. The average molecular weight is 287 g/mol. The summed E-state index contributed by atoms with van der Waals surface area (Å²) in [5, 5.41) is 8.68. The molecular weight excluding hydrogens is 265 g/mol. The molecule has 0 spiro atoms. The van der Waals surface area contributed by atoms with Gasteiger partial charge < -0.3 is 5.11 Å². The molecule has 3 rings (SSSR count). The van der Waals surface area contributed by atoms with Gasteiger partial charge >= 0.3 is 0 Å². The van der Waals surface area contributed by atoms with Crippen LogP contribution in [0.1, 0.15) is 43.2 Å². The molecule has 1 aromatic carbocycles. The maximum Gasteiger partial charge on any atom is 0.128 e. The highest BCUT2D eigenvalue weighted by atomic mass is 19.1. The molecule has 1 aliphatic heterocycles. The highest BCUT2D eigenvalue weighted by Crippen LogP contribution is 2.37. The third-order valence-corrected chi connectivity index (χ3v) is 4.86. The summed E-state index contributed by atoms with van der Waals surface area (Å²) in [4.78, 5) is 2.46. The Balaban J connectivity index is 1.70. The normalized spacial score (nSPS) is 25.2. The topological polar surface area (TPSA) is 23.5 Å². The molecule has 1 saturated heterocycles. The first-order valence-corrected chi connectivity index (χ1v) is 7.90. The van der Waals surface area contributed by atoms with Crippen molar-refractivity contribution in [2.24, 2.45) is 5.92 Å². The molecule has 0 aromatic heterocycles. The lowest BCUT2D eigenvalue weighted by atomic mass is 9.85. The van der Waals surface area contributed by atoms with Crippen molar-refractivity contribution in [3.05, 3.63) is 35.1 Å². The zero-order chi connectivity index (χ0) is 14.7. The number of aliphatic hydroxyl groups excluding tert-OH is 1. The van der Waals surface area contributed by atoms with E-state index in [0.29, 0.717) is 18.2 Å². The summed E-state index contributed by atoms with van der Waals surface area (Å²) in [5.41, 5.74) is 1.39. The molecule has 0 amide bonds. The predicted molar refractivity (Wildman–Crippen MR) is 81.1 cm³/mol. The fourth-order valence-corrected chi connectivity index (χ4v) is 3.81. The van der Waals surface area contributed by atoms with Crippen molar-refractivity contribution in [3.63, 3.8) is 0 Å². The minimum Gasteiger partial charge on any atom is -0.384 e. The second-order valence-electron chi connectivity index (χ2n) is 6.14. The van der Waals surface area contributed by atoms with Crippen molar-refractivity contribution in [2.45, 2.75) is 44.7 Å². The largest absolute Gasteiger partial charge is 0.384 e. The number of benzene rings is 1. The minimum absolute atomic E-state index is 0.181. The van der Waals surface area contributed by atoms with Gasteiger partial charge in [-0.25, -0.2) is 4.39 Å². The number of likely N-dealkylation sites (tertiary alicyclic amines) is 1. The first kappa shape index (κ1) is 14.6. The lowest BCUT2D eigenvalue weighted by Crippen LogP contribution is -2.34. The van der Waals surface area contributed by atoms with E-state index < -0.39 is 0 Å². The Morgan fingerprint density at radius 1 is 1.24 bits per heavy atom. The molecule has 21 heavy (non-hydrogen) atoms. The van der Waals surface area contributed by atoms with E-state index in [1.165, 1.54) is 38.2 Å². The van der Waals surface area contributed by atoms with Crippen LogP contribution in [0, 0.1) is 23.6 Å². The summed E-state index contributed by atoms with van der Waals surface area (Å²) < 4.78 is 14.2. The van der Waals surface area contributed by atoms with E-state index in [2.05, 4.69) is 16.7 Å². The summed E-state index contributed by atoms with van der Waals surface area (Å²) in [7, 11) is 0. The number of aliphatic hydroxyl groups is 1. The maximum absolute atomic E-state index is 14.2. The minimum atomic E-state index is -0.194. The fraction of sp³-hybridized carbons (Fsp3) is 0.556. The molecule has 2 unspecified atom stereocenters. The van der Waals surface area contributed by atoms with Gasteiger partial charge in [-0.05, 0) is 43.9 Å². The molecule has 3 heteroatoms. The number of fused-ring (bicyclic) bond motifs is 1. The number of rotatable bonds is 2. The van der Waals surface area contributed by atoms with Gasteiger partial charge in [0.2, 0.25) is 0 Å². The molecule has 2 atom stereocenters. The van der Waals surface area contributed by atoms with Gasteiger partial charge in [0.15, 0.2) is 0 Å². The van der Waals surface area contributed by atoms with Crippen molar-refractivity contribution >= 4 is 0 Å². The van der Waals surface area contributed by atoms with Gasteiger partial charge in [0, 0.05) is 23.7 Å². The Kier molecular flexibility index (Phi) is 4.57. The summed E-state index contributed by atoms with van der Waals surface area (Å²) >= 11 is 0. The monoisotopic (exact) mass is 287 g/mol. The molecule has 2 nitrogen and oxygen atoms in total. The van der Waals surface area contributed by atoms with Gasteiger partial charge in [0.25, 0.3) is 0 Å². The van der Waals surface area contributed by atoms with E-state index in [9.17, 15) is 4.39 Å². The van der Waals surface area contributed by atoms with Gasteiger partial charge in [-0.2, -0.15) is 0 Å². The Labute approximate surface area is 126 Å².